The molecule has 218 valence electrons. The Morgan fingerprint density at radius 2 is 1.69 bits per heavy atom. The number of carbonyl (C=O) groups excluding carboxylic acids is 2. The molecule has 0 unspecified atom stereocenters. The third-order valence-corrected chi connectivity index (χ3v) is 8.09. The zero-order valence-corrected chi connectivity index (χ0v) is 25.0. The number of ether oxygens (including phenoxy) is 3. The van der Waals surface area contributed by atoms with E-state index in [2.05, 4.69) is 5.32 Å². The summed E-state index contributed by atoms with van der Waals surface area (Å²) >= 11 is 6.12. The first-order chi connectivity index (χ1) is 20.4. The molecule has 42 heavy (non-hydrogen) atoms. The van der Waals surface area contributed by atoms with E-state index in [9.17, 15) is 9.59 Å². The van der Waals surface area contributed by atoms with E-state index in [1.54, 1.807) is 7.11 Å². The second kappa shape index (κ2) is 13.3. The number of methoxy groups -OCH3 is 1. The Balaban J connectivity index is 1.50. The molecule has 7 heteroatoms. The lowest BCUT2D eigenvalue weighted by molar-refractivity contribution is -0.139. The van der Waals surface area contributed by atoms with Gasteiger partial charge in [0, 0.05) is 40.7 Å². The molecule has 6 nitrogen and oxygen atoms in total. The summed E-state index contributed by atoms with van der Waals surface area (Å²) in [5.74, 6) is 0.146. The van der Waals surface area contributed by atoms with Gasteiger partial charge in [-0.15, -0.1) is 0 Å². The molecule has 0 saturated heterocycles. The minimum absolute atomic E-state index is 0.000983. The number of esters is 1. The van der Waals surface area contributed by atoms with Crippen molar-refractivity contribution in [3.63, 3.8) is 0 Å². The summed E-state index contributed by atoms with van der Waals surface area (Å²) < 4.78 is 17.4. The molecular weight excluding hydrogens is 550 g/mol. The zero-order valence-electron chi connectivity index (χ0n) is 24.2. The van der Waals surface area contributed by atoms with Crippen molar-refractivity contribution < 1.29 is 23.8 Å². The minimum Gasteiger partial charge on any atom is -0.493 e. The number of halogens is 1. The molecule has 3 aromatic carbocycles. The van der Waals surface area contributed by atoms with Gasteiger partial charge in [0.1, 0.15) is 0 Å². The van der Waals surface area contributed by atoms with Crippen LogP contribution in [0.25, 0.3) is 0 Å². The van der Waals surface area contributed by atoms with Gasteiger partial charge in [0.2, 0.25) is 0 Å². The largest absolute Gasteiger partial charge is 0.493 e. The summed E-state index contributed by atoms with van der Waals surface area (Å²) in [6.07, 6.45) is 2.44. The van der Waals surface area contributed by atoms with Crippen molar-refractivity contribution in [3.05, 3.63) is 117 Å². The van der Waals surface area contributed by atoms with Crippen molar-refractivity contribution in [2.24, 2.45) is 0 Å². The molecule has 1 N–H and O–H groups in total. The molecule has 1 heterocycles. The quantitative estimate of drug-likeness (QED) is 0.252. The van der Waals surface area contributed by atoms with Crippen molar-refractivity contribution in [1.29, 1.82) is 0 Å². The average molecular weight is 586 g/mol. The number of hydrogen-bond donors (Lipinski definition) is 1. The van der Waals surface area contributed by atoms with Gasteiger partial charge in [-0.25, -0.2) is 4.79 Å². The standard InChI is InChI=1S/C35H36ClNO5/c1-4-17-41-30-15-12-25(21-31(30)40-3)33-32(35(39)42-18-16-23-8-6-5-7-9-23)22(2)37-28-19-26(20-29(38)34(28)33)24-10-13-27(36)14-11-24/h5-15,21,26,33,37H,4,16-20H2,1-3H3/t26-,33+/m1/s1. The topological polar surface area (TPSA) is 73.9 Å². The van der Waals surface area contributed by atoms with Crippen LogP contribution in [-0.2, 0) is 20.7 Å². The van der Waals surface area contributed by atoms with E-state index in [1.165, 1.54) is 0 Å². The highest BCUT2D eigenvalue weighted by Crippen LogP contribution is 2.47. The monoisotopic (exact) mass is 585 g/mol. The Hall–Kier alpha value is -4.03. The minimum atomic E-state index is -0.599. The molecular formula is C35H36ClNO5. The molecule has 0 saturated carbocycles. The van der Waals surface area contributed by atoms with Crippen LogP contribution in [0.4, 0.5) is 0 Å². The molecule has 0 fully saturated rings. The molecule has 0 amide bonds. The van der Waals surface area contributed by atoms with Crippen molar-refractivity contribution in [1.82, 2.24) is 5.32 Å². The molecule has 0 spiro atoms. The van der Waals surface area contributed by atoms with Gasteiger partial charge in [-0.1, -0.05) is 67.1 Å². The number of allylic oxidation sites excluding steroid dienone is 3. The first kappa shape index (κ1) is 29.5. The number of carbonyl (C=O) groups is 2. The first-order valence-electron chi connectivity index (χ1n) is 14.4. The second-order valence-electron chi connectivity index (χ2n) is 10.7. The van der Waals surface area contributed by atoms with Crippen LogP contribution in [0.3, 0.4) is 0 Å². The highest BCUT2D eigenvalue weighted by molar-refractivity contribution is 6.30. The SMILES string of the molecule is CCCOc1ccc([C@H]2C(C(=O)OCCc3ccccc3)=C(C)NC3=C2C(=O)C[C@H](c2ccc(Cl)cc2)C3)cc1OC. The van der Waals surface area contributed by atoms with Gasteiger partial charge in [-0.3, -0.25) is 4.79 Å². The highest BCUT2D eigenvalue weighted by Gasteiger charge is 2.41. The number of benzene rings is 3. The van der Waals surface area contributed by atoms with E-state index >= 15 is 0 Å². The molecule has 2 aliphatic rings. The Morgan fingerprint density at radius 1 is 0.952 bits per heavy atom. The van der Waals surface area contributed by atoms with Crippen LogP contribution >= 0.6 is 11.6 Å². The first-order valence-corrected chi connectivity index (χ1v) is 14.8. The zero-order chi connectivity index (χ0) is 29.6. The molecule has 1 aliphatic heterocycles. The average Bonchev–Trinajstić information content (AvgIpc) is 3.00. The Morgan fingerprint density at radius 3 is 2.40 bits per heavy atom. The van der Waals surface area contributed by atoms with Crippen molar-refractivity contribution in [2.75, 3.05) is 20.3 Å². The van der Waals surface area contributed by atoms with Gasteiger partial charge in [0.15, 0.2) is 17.3 Å². The maximum absolute atomic E-state index is 13.9. The summed E-state index contributed by atoms with van der Waals surface area (Å²) in [6.45, 7) is 4.70. The van der Waals surface area contributed by atoms with Crippen molar-refractivity contribution >= 4 is 23.4 Å². The van der Waals surface area contributed by atoms with E-state index in [1.807, 2.05) is 86.6 Å². The van der Waals surface area contributed by atoms with E-state index in [-0.39, 0.29) is 18.3 Å². The number of Topliss-reactive ketones (excluding diaryl/α,β-unsaturated/α-hetero) is 1. The predicted molar refractivity (Wildman–Crippen MR) is 164 cm³/mol. The second-order valence-corrected chi connectivity index (χ2v) is 11.1. The van der Waals surface area contributed by atoms with Crippen LogP contribution in [0.5, 0.6) is 11.5 Å². The fourth-order valence-electron chi connectivity index (χ4n) is 5.79. The lowest BCUT2D eigenvalue weighted by Crippen LogP contribution is -2.36. The fraction of sp³-hybridized carbons (Fsp3) is 0.314. The number of dihydropyridines is 1. The Kier molecular flexibility index (Phi) is 9.33. The number of ketones is 1. The van der Waals surface area contributed by atoms with Crippen LogP contribution < -0.4 is 14.8 Å². The maximum Gasteiger partial charge on any atom is 0.336 e. The van der Waals surface area contributed by atoms with Gasteiger partial charge in [-0.05, 0) is 66.6 Å². The summed E-state index contributed by atoms with van der Waals surface area (Å²) in [5.41, 5.74) is 5.47. The van der Waals surface area contributed by atoms with Crippen LogP contribution in [0, 0.1) is 0 Å². The molecule has 0 aromatic heterocycles. The third kappa shape index (κ3) is 6.39. The molecule has 2 atom stereocenters. The van der Waals surface area contributed by atoms with Gasteiger partial charge in [-0.2, -0.15) is 0 Å². The van der Waals surface area contributed by atoms with Crippen molar-refractivity contribution in [2.45, 2.75) is 51.4 Å². The lowest BCUT2D eigenvalue weighted by atomic mass is 9.71. The van der Waals surface area contributed by atoms with E-state index in [0.717, 1.165) is 28.8 Å². The molecule has 5 rings (SSSR count). The summed E-state index contributed by atoms with van der Waals surface area (Å²) in [7, 11) is 1.59. The fourth-order valence-corrected chi connectivity index (χ4v) is 5.92. The van der Waals surface area contributed by atoms with Gasteiger partial charge in [0.25, 0.3) is 0 Å². The summed E-state index contributed by atoms with van der Waals surface area (Å²) in [6, 6.07) is 23.2. The highest BCUT2D eigenvalue weighted by atomic mass is 35.5. The van der Waals surface area contributed by atoms with Crippen LogP contribution in [-0.4, -0.2) is 32.1 Å². The Bertz CT molecular complexity index is 1510. The smallest absolute Gasteiger partial charge is 0.336 e. The van der Waals surface area contributed by atoms with Gasteiger partial charge >= 0.3 is 5.97 Å². The Labute approximate surface area is 252 Å². The molecule has 0 bridgehead atoms. The number of nitrogens with one attached hydrogen (secondary N) is 1. The molecule has 1 aliphatic carbocycles. The lowest BCUT2D eigenvalue weighted by Gasteiger charge is -2.37. The predicted octanol–water partition coefficient (Wildman–Crippen LogP) is 7.28. The third-order valence-electron chi connectivity index (χ3n) is 7.84. The summed E-state index contributed by atoms with van der Waals surface area (Å²) in [5, 5.41) is 4.08. The molecule has 3 aromatic rings. The summed E-state index contributed by atoms with van der Waals surface area (Å²) in [4.78, 5) is 27.7. The van der Waals surface area contributed by atoms with E-state index < -0.39 is 11.9 Å². The van der Waals surface area contributed by atoms with Gasteiger partial charge < -0.3 is 19.5 Å². The number of hydrogen-bond acceptors (Lipinski definition) is 6. The van der Waals surface area contributed by atoms with E-state index in [0.29, 0.717) is 59.2 Å². The number of rotatable bonds is 10. The maximum atomic E-state index is 13.9. The van der Waals surface area contributed by atoms with E-state index in [4.69, 9.17) is 25.8 Å². The van der Waals surface area contributed by atoms with Gasteiger partial charge in [0.05, 0.1) is 25.9 Å². The normalized spacial score (nSPS) is 18.3. The van der Waals surface area contributed by atoms with Crippen LogP contribution in [0.15, 0.2) is 95.3 Å². The van der Waals surface area contributed by atoms with Crippen LogP contribution in [0.1, 0.15) is 61.6 Å². The van der Waals surface area contributed by atoms with Crippen molar-refractivity contribution in [3.8, 4) is 11.5 Å². The molecule has 0 radical (unpaired) electrons. The van der Waals surface area contributed by atoms with Crippen LogP contribution in [0.2, 0.25) is 5.02 Å².